The summed E-state index contributed by atoms with van der Waals surface area (Å²) < 4.78 is 11.3. The van der Waals surface area contributed by atoms with E-state index in [9.17, 15) is 9.59 Å². The van der Waals surface area contributed by atoms with Gasteiger partial charge in [-0.15, -0.1) is 0 Å². The number of carbonyl (C=O) groups excluding carboxylic acids is 2. The molecule has 1 saturated heterocycles. The number of ether oxygens (including phenoxy) is 1. The van der Waals surface area contributed by atoms with E-state index in [0.29, 0.717) is 26.3 Å². The number of esters is 1. The van der Waals surface area contributed by atoms with Crippen LogP contribution in [0.1, 0.15) is 48.2 Å². The smallest absolute Gasteiger partial charge is 0.337 e. The molecule has 0 radical (unpaired) electrons. The molecule has 29 heavy (non-hydrogen) atoms. The first kappa shape index (κ1) is 19.9. The van der Waals surface area contributed by atoms with Gasteiger partial charge < -0.3 is 9.15 Å². The number of thiocarbonyl (C=S) groups is 1. The minimum Gasteiger partial charge on any atom is -0.465 e. The molecule has 2 heterocycles. The third-order valence-corrected chi connectivity index (χ3v) is 6.58. The lowest BCUT2D eigenvalue weighted by molar-refractivity contribution is -0.124. The van der Waals surface area contributed by atoms with E-state index >= 15 is 0 Å². The maximum atomic E-state index is 12.9. The molecule has 4 rings (SSSR count). The number of hydrogen-bond acceptors (Lipinski definition) is 6. The van der Waals surface area contributed by atoms with Gasteiger partial charge in [-0.2, -0.15) is 0 Å². The van der Waals surface area contributed by atoms with Crippen LogP contribution in [0, 0.1) is 0 Å². The maximum absolute atomic E-state index is 12.9. The lowest BCUT2D eigenvalue weighted by atomic mass is 9.94. The summed E-state index contributed by atoms with van der Waals surface area (Å²) in [4.78, 5) is 26.8. The fraction of sp³-hybridized carbons (Fsp3) is 0.318. The Morgan fingerprint density at radius 2 is 1.90 bits per heavy atom. The van der Waals surface area contributed by atoms with E-state index in [4.69, 9.17) is 21.4 Å². The van der Waals surface area contributed by atoms with Gasteiger partial charge in [-0.3, -0.25) is 9.69 Å². The second-order valence-corrected chi connectivity index (χ2v) is 8.79. The van der Waals surface area contributed by atoms with Crippen LogP contribution in [0.4, 0.5) is 0 Å². The highest BCUT2D eigenvalue weighted by Gasteiger charge is 2.37. The van der Waals surface area contributed by atoms with Crippen molar-refractivity contribution in [2.24, 2.45) is 0 Å². The van der Waals surface area contributed by atoms with E-state index in [1.165, 1.54) is 25.3 Å². The van der Waals surface area contributed by atoms with Crippen molar-refractivity contribution in [1.29, 1.82) is 0 Å². The molecule has 1 aliphatic carbocycles. The Morgan fingerprint density at radius 3 is 2.59 bits per heavy atom. The first-order chi connectivity index (χ1) is 14.1. The Hall–Kier alpha value is -2.38. The van der Waals surface area contributed by atoms with Crippen molar-refractivity contribution in [2.45, 2.75) is 38.1 Å². The third kappa shape index (κ3) is 4.16. The van der Waals surface area contributed by atoms with Crippen molar-refractivity contribution >= 4 is 46.3 Å². The summed E-state index contributed by atoms with van der Waals surface area (Å²) in [7, 11) is 1.35. The van der Waals surface area contributed by atoms with Gasteiger partial charge in [0.25, 0.3) is 5.91 Å². The van der Waals surface area contributed by atoms with Gasteiger partial charge in [0.05, 0.1) is 17.6 Å². The zero-order valence-corrected chi connectivity index (χ0v) is 17.7. The Bertz CT molecular complexity index is 971. The number of hydrogen-bond donors (Lipinski definition) is 0. The van der Waals surface area contributed by atoms with Crippen molar-refractivity contribution < 1.29 is 18.7 Å². The van der Waals surface area contributed by atoms with E-state index in [-0.39, 0.29) is 17.9 Å². The van der Waals surface area contributed by atoms with E-state index in [1.807, 2.05) is 12.1 Å². The van der Waals surface area contributed by atoms with Crippen molar-refractivity contribution in [3.8, 4) is 11.3 Å². The number of nitrogens with zero attached hydrogens (tertiary/aromatic N) is 1. The molecule has 7 heteroatoms. The van der Waals surface area contributed by atoms with Crippen molar-refractivity contribution in [3.63, 3.8) is 0 Å². The zero-order valence-electron chi connectivity index (χ0n) is 16.1. The van der Waals surface area contributed by atoms with Crippen LogP contribution >= 0.6 is 24.0 Å². The molecule has 2 fully saturated rings. The standard InChI is InChI=1S/C22H21NO4S2/c1-26-21(25)15-9-7-14(8-10-15)18-12-11-17(27-18)13-19-20(24)23(22(28)29-19)16-5-3-2-4-6-16/h7-13,16H,2-6H2,1H3/b19-13+. The van der Waals surface area contributed by atoms with Crippen LogP contribution in [-0.2, 0) is 9.53 Å². The minimum absolute atomic E-state index is 0.0210. The van der Waals surface area contributed by atoms with Crippen LogP contribution in [0.2, 0.25) is 0 Å². The highest BCUT2D eigenvalue weighted by Crippen LogP contribution is 2.37. The van der Waals surface area contributed by atoms with Gasteiger partial charge in [-0.25, -0.2) is 4.79 Å². The Labute approximate surface area is 179 Å². The molecule has 150 valence electrons. The normalized spacial score (nSPS) is 19.2. The van der Waals surface area contributed by atoms with Gasteiger partial charge in [-0.05, 0) is 37.1 Å². The largest absolute Gasteiger partial charge is 0.465 e. The molecule has 1 amide bonds. The van der Waals surface area contributed by atoms with E-state index < -0.39 is 0 Å². The Balaban J connectivity index is 1.51. The molecule has 0 unspecified atom stereocenters. The number of furan rings is 1. The molecule has 1 saturated carbocycles. The summed E-state index contributed by atoms with van der Waals surface area (Å²) in [6, 6.07) is 10.9. The van der Waals surface area contributed by atoms with E-state index in [1.54, 1.807) is 35.2 Å². The molecule has 0 atom stereocenters. The fourth-order valence-corrected chi connectivity index (χ4v) is 5.12. The maximum Gasteiger partial charge on any atom is 0.337 e. The van der Waals surface area contributed by atoms with Gasteiger partial charge in [-0.1, -0.05) is 55.4 Å². The van der Waals surface area contributed by atoms with Gasteiger partial charge in [0.2, 0.25) is 0 Å². The molecule has 1 aliphatic heterocycles. The summed E-state index contributed by atoms with van der Waals surface area (Å²) in [6.07, 6.45) is 7.33. The predicted octanol–water partition coefficient (Wildman–Crippen LogP) is 5.27. The Kier molecular flexibility index (Phi) is 5.87. The zero-order chi connectivity index (χ0) is 20.4. The molecule has 2 aliphatic rings. The van der Waals surface area contributed by atoms with Crippen molar-refractivity contribution in [1.82, 2.24) is 4.90 Å². The highest BCUT2D eigenvalue weighted by atomic mass is 32.2. The van der Waals surface area contributed by atoms with Crippen LogP contribution in [0.15, 0.2) is 45.7 Å². The lowest BCUT2D eigenvalue weighted by Gasteiger charge is -2.29. The van der Waals surface area contributed by atoms with E-state index in [0.717, 1.165) is 31.2 Å². The second kappa shape index (κ2) is 8.55. The summed E-state index contributed by atoms with van der Waals surface area (Å²) in [5.74, 6) is 0.862. The number of carbonyl (C=O) groups is 2. The molecule has 0 N–H and O–H groups in total. The second-order valence-electron chi connectivity index (χ2n) is 7.11. The van der Waals surface area contributed by atoms with Crippen molar-refractivity contribution in [2.75, 3.05) is 7.11 Å². The number of methoxy groups -OCH3 is 1. The monoisotopic (exact) mass is 427 g/mol. The van der Waals surface area contributed by atoms with Gasteiger partial charge in [0.1, 0.15) is 15.8 Å². The van der Waals surface area contributed by atoms with Crippen LogP contribution in [0.5, 0.6) is 0 Å². The van der Waals surface area contributed by atoms with Gasteiger partial charge in [0, 0.05) is 17.7 Å². The Morgan fingerprint density at radius 1 is 1.17 bits per heavy atom. The van der Waals surface area contributed by atoms with Crippen LogP contribution in [0.3, 0.4) is 0 Å². The average molecular weight is 428 g/mol. The number of thioether (sulfide) groups is 1. The number of amides is 1. The number of benzene rings is 1. The highest BCUT2D eigenvalue weighted by molar-refractivity contribution is 8.26. The van der Waals surface area contributed by atoms with E-state index in [2.05, 4.69) is 0 Å². The van der Waals surface area contributed by atoms with Crippen LogP contribution in [-0.4, -0.2) is 34.2 Å². The molecule has 2 aromatic rings. The van der Waals surface area contributed by atoms with Crippen LogP contribution < -0.4 is 0 Å². The SMILES string of the molecule is COC(=O)c1ccc(-c2ccc(/C=C3/SC(=S)N(C4CCCCC4)C3=O)o2)cc1. The first-order valence-corrected chi connectivity index (χ1v) is 10.8. The molecule has 0 bridgehead atoms. The lowest BCUT2D eigenvalue weighted by Crippen LogP contribution is -2.39. The fourth-order valence-electron chi connectivity index (χ4n) is 3.74. The molecule has 5 nitrogen and oxygen atoms in total. The first-order valence-electron chi connectivity index (χ1n) is 9.62. The summed E-state index contributed by atoms with van der Waals surface area (Å²) in [6.45, 7) is 0. The molecule has 1 aromatic carbocycles. The number of rotatable bonds is 4. The van der Waals surface area contributed by atoms with Crippen LogP contribution in [0.25, 0.3) is 17.4 Å². The topological polar surface area (TPSA) is 59.8 Å². The average Bonchev–Trinajstić information content (AvgIpc) is 3.32. The summed E-state index contributed by atoms with van der Waals surface area (Å²) >= 11 is 6.82. The third-order valence-electron chi connectivity index (χ3n) is 5.25. The van der Waals surface area contributed by atoms with Gasteiger partial charge >= 0.3 is 5.97 Å². The quantitative estimate of drug-likeness (QED) is 0.376. The van der Waals surface area contributed by atoms with Crippen molar-refractivity contribution in [3.05, 3.63) is 52.6 Å². The molecule has 0 spiro atoms. The summed E-state index contributed by atoms with van der Waals surface area (Å²) in [5.41, 5.74) is 1.32. The molecular formula is C22H21NO4S2. The summed E-state index contributed by atoms with van der Waals surface area (Å²) in [5, 5.41) is 0. The molecule has 1 aromatic heterocycles. The predicted molar refractivity (Wildman–Crippen MR) is 117 cm³/mol. The minimum atomic E-state index is -0.378. The molecular weight excluding hydrogens is 406 g/mol. The van der Waals surface area contributed by atoms with Gasteiger partial charge in [0.15, 0.2) is 0 Å².